The minimum Gasteiger partial charge on any atom is -0.455 e. The number of imidazole rings is 1. The van der Waals surface area contributed by atoms with E-state index in [4.69, 9.17) is 4.42 Å². The minimum atomic E-state index is -0.119. The lowest BCUT2D eigenvalue weighted by Crippen LogP contribution is -2.50. The number of hydrogen-bond donors (Lipinski definition) is 0. The Labute approximate surface area is 144 Å². The van der Waals surface area contributed by atoms with Crippen LogP contribution in [0.3, 0.4) is 0 Å². The number of rotatable bonds is 4. The van der Waals surface area contributed by atoms with Gasteiger partial charge in [0, 0.05) is 52.5 Å². The molecule has 0 aliphatic carbocycles. The fourth-order valence-electron chi connectivity index (χ4n) is 2.58. The highest BCUT2D eigenvalue weighted by Gasteiger charge is 2.25. The number of carbonyl (C=O) groups is 2. The van der Waals surface area contributed by atoms with Crippen molar-refractivity contribution in [1.29, 1.82) is 0 Å². The number of amides is 2. The number of furan rings is 1. The predicted octanol–water partition coefficient (Wildman–Crippen LogP) is 1.61. The fourth-order valence-corrected chi connectivity index (χ4v) is 3.40. The normalized spacial score (nSPS) is 14.9. The second-order valence-corrected chi connectivity index (χ2v) is 6.62. The van der Waals surface area contributed by atoms with E-state index in [1.807, 2.05) is 23.9 Å². The molecule has 0 aromatic carbocycles. The highest BCUT2D eigenvalue weighted by Crippen LogP contribution is 2.22. The van der Waals surface area contributed by atoms with Gasteiger partial charge < -0.3 is 18.8 Å². The van der Waals surface area contributed by atoms with Gasteiger partial charge >= 0.3 is 0 Å². The van der Waals surface area contributed by atoms with Crippen LogP contribution in [0.25, 0.3) is 0 Å². The summed E-state index contributed by atoms with van der Waals surface area (Å²) in [6, 6.07) is 3.54. The van der Waals surface area contributed by atoms with Crippen molar-refractivity contribution in [2.45, 2.75) is 17.8 Å². The molecular weight excluding hydrogens is 328 g/mol. The van der Waals surface area contributed by atoms with Gasteiger partial charge in [-0.25, -0.2) is 4.98 Å². The van der Waals surface area contributed by atoms with Gasteiger partial charge in [-0.2, -0.15) is 0 Å². The highest BCUT2D eigenvalue weighted by atomic mass is 32.2. The molecule has 0 N–H and O–H groups in total. The largest absolute Gasteiger partial charge is 0.455 e. The SMILES string of the molecule is CC(=O)N1CCN(C(=O)c2ccc(CSc3nccn3C)o2)CC1. The monoisotopic (exact) mass is 348 g/mol. The first-order valence-electron chi connectivity index (χ1n) is 7.78. The fraction of sp³-hybridized carbons (Fsp3) is 0.438. The van der Waals surface area contributed by atoms with Gasteiger partial charge in [-0.3, -0.25) is 9.59 Å². The van der Waals surface area contributed by atoms with Crippen molar-refractivity contribution in [3.63, 3.8) is 0 Å². The Bertz CT molecular complexity index is 731. The zero-order valence-electron chi connectivity index (χ0n) is 13.8. The summed E-state index contributed by atoms with van der Waals surface area (Å²) in [4.78, 5) is 31.5. The molecule has 128 valence electrons. The summed E-state index contributed by atoms with van der Waals surface area (Å²) in [6.07, 6.45) is 3.64. The van der Waals surface area contributed by atoms with Gasteiger partial charge in [0.15, 0.2) is 10.9 Å². The van der Waals surface area contributed by atoms with E-state index >= 15 is 0 Å². The Balaban J connectivity index is 1.56. The maximum absolute atomic E-state index is 12.5. The molecule has 1 aliphatic rings. The molecule has 7 nitrogen and oxygen atoms in total. The number of thioether (sulfide) groups is 1. The third-order valence-electron chi connectivity index (χ3n) is 4.01. The first kappa shape index (κ1) is 16.6. The zero-order valence-corrected chi connectivity index (χ0v) is 14.6. The summed E-state index contributed by atoms with van der Waals surface area (Å²) in [5.41, 5.74) is 0. The van der Waals surface area contributed by atoms with Crippen molar-refractivity contribution in [2.24, 2.45) is 7.05 Å². The first-order valence-corrected chi connectivity index (χ1v) is 8.77. The molecule has 8 heteroatoms. The van der Waals surface area contributed by atoms with E-state index in [0.29, 0.717) is 37.7 Å². The average molecular weight is 348 g/mol. The molecule has 3 rings (SSSR count). The highest BCUT2D eigenvalue weighted by molar-refractivity contribution is 7.98. The summed E-state index contributed by atoms with van der Waals surface area (Å²) in [5, 5.41) is 0.902. The lowest BCUT2D eigenvalue weighted by molar-refractivity contribution is -0.130. The lowest BCUT2D eigenvalue weighted by atomic mass is 10.3. The van der Waals surface area contributed by atoms with E-state index < -0.39 is 0 Å². The van der Waals surface area contributed by atoms with E-state index in [1.54, 1.807) is 40.7 Å². The second kappa shape index (κ2) is 7.12. The maximum atomic E-state index is 12.5. The van der Waals surface area contributed by atoms with Gasteiger partial charge in [-0.15, -0.1) is 0 Å². The summed E-state index contributed by atoms with van der Waals surface area (Å²) in [6.45, 7) is 3.77. The van der Waals surface area contributed by atoms with Crippen LogP contribution in [0.4, 0.5) is 0 Å². The van der Waals surface area contributed by atoms with Crippen LogP contribution in [-0.4, -0.2) is 57.3 Å². The second-order valence-electron chi connectivity index (χ2n) is 5.67. The van der Waals surface area contributed by atoms with E-state index in [1.165, 1.54) is 0 Å². The molecule has 3 heterocycles. The minimum absolute atomic E-state index is 0.0497. The van der Waals surface area contributed by atoms with E-state index in [-0.39, 0.29) is 11.8 Å². The standard InChI is InChI=1S/C16H20N4O3S/c1-12(21)19-7-9-20(10-8-19)15(22)14-4-3-13(23-14)11-24-16-17-5-6-18(16)2/h3-6H,7-11H2,1-2H3. The van der Waals surface area contributed by atoms with Crippen molar-refractivity contribution in [1.82, 2.24) is 19.4 Å². The smallest absolute Gasteiger partial charge is 0.289 e. The lowest BCUT2D eigenvalue weighted by Gasteiger charge is -2.33. The van der Waals surface area contributed by atoms with Gasteiger partial charge in [0.1, 0.15) is 5.76 Å². The van der Waals surface area contributed by atoms with Crippen molar-refractivity contribution in [3.8, 4) is 0 Å². The molecule has 0 radical (unpaired) electrons. The Morgan fingerprint density at radius 2 is 1.92 bits per heavy atom. The number of carbonyl (C=O) groups excluding carboxylic acids is 2. The number of aryl methyl sites for hydroxylation is 1. The molecule has 0 bridgehead atoms. The topological polar surface area (TPSA) is 71.6 Å². The quantitative estimate of drug-likeness (QED) is 0.785. The zero-order chi connectivity index (χ0) is 17.1. The summed E-state index contributed by atoms with van der Waals surface area (Å²) in [5.74, 6) is 1.64. The van der Waals surface area contributed by atoms with Crippen molar-refractivity contribution in [2.75, 3.05) is 26.2 Å². The summed E-state index contributed by atoms with van der Waals surface area (Å²) < 4.78 is 7.62. The molecule has 0 atom stereocenters. The van der Waals surface area contributed by atoms with Crippen LogP contribution in [0.1, 0.15) is 23.2 Å². The maximum Gasteiger partial charge on any atom is 0.289 e. The predicted molar refractivity (Wildman–Crippen MR) is 89.6 cm³/mol. The van der Waals surface area contributed by atoms with Gasteiger partial charge in [0.05, 0.1) is 5.75 Å². The van der Waals surface area contributed by atoms with Gasteiger partial charge in [-0.05, 0) is 12.1 Å². The van der Waals surface area contributed by atoms with Crippen molar-refractivity contribution in [3.05, 3.63) is 36.0 Å². The molecule has 24 heavy (non-hydrogen) atoms. The molecule has 0 spiro atoms. The molecule has 1 saturated heterocycles. The van der Waals surface area contributed by atoms with E-state index in [9.17, 15) is 9.59 Å². The Morgan fingerprint density at radius 3 is 2.54 bits per heavy atom. The number of hydrogen-bond acceptors (Lipinski definition) is 5. The molecule has 1 fully saturated rings. The van der Waals surface area contributed by atoms with Gasteiger partial charge in [0.2, 0.25) is 5.91 Å². The molecule has 0 unspecified atom stereocenters. The molecule has 0 saturated carbocycles. The van der Waals surface area contributed by atoms with Crippen LogP contribution >= 0.6 is 11.8 Å². The van der Waals surface area contributed by atoms with Crippen LogP contribution in [0.5, 0.6) is 0 Å². The average Bonchev–Trinajstić information content (AvgIpc) is 3.21. The van der Waals surface area contributed by atoms with Crippen molar-refractivity contribution >= 4 is 23.6 Å². The third kappa shape index (κ3) is 3.64. The van der Waals surface area contributed by atoms with Crippen LogP contribution in [0.2, 0.25) is 0 Å². The summed E-state index contributed by atoms with van der Waals surface area (Å²) in [7, 11) is 1.94. The summed E-state index contributed by atoms with van der Waals surface area (Å²) >= 11 is 1.56. The molecule has 1 aliphatic heterocycles. The van der Waals surface area contributed by atoms with Gasteiger partial charge in [0.25, 0.3) is 5.91 Å². The Kier molecular flexibility index (Phi) is 4.94. The van der Waals surface area contributed by atoms with E-state index in [2.05, 4.69) is 4.98 Å². The molecule has 2 amide bonds. The van der Waals surface area contributed by atoms with Gasteiger partial charge in [-0.1, -0.05) is 11.8 Å². The molecule has 2 aromatic rings. The van der Waals surface area contributed by atoms with Crippen LogP contribution in [-0.2, 0) is 17.6 Å². The van der Waals surface area contributed by atoms with Crippen LogP contribution < -0.4 is 0 Å². The van der Waals surface area contributed by atoms with Crippen molar-refractivity contribution < 1.29 is 14.0 Å². The van der Waals surface area contributed by atoms with Crippen LogP contribution in [0, 0.1) is 0 Å². The number of aromatic nitrogens is 2. The number of nitrogens with zero attached hydrogens (tertiary/aromatic N) is 4. The van der Waals surface area contributed by atoms with E-state index in [0.717, 1.165) is 10.9 Å². The Hall–Kier alpha value is -2.22. The molecular formula is C16H20N4O3S. The number of piperazine rings is 1. The van der Waals surface area contributed by atoms with Crippen LogP contribution in [0.15, 0.2) is 34.1 Å². The first-order chi connectivity index (χ1) is 11.5. The third-order valence-corrected chi connectivity index (χ3v) is 5.09. The molecule has 2 aromatic heterocycles. The Morgan fingerprint density at radius 1 is 1.21 bits per heavy atom.